The Hall–Kier alpha value is -0.620. The minimum Gasteiger partial charge on any atom is -0.351 e. The van der Waals surface area contributed by atoms with Crippen molar-refractivity contribution < 1.29 is 13.2 Å². The molecule has 0 saturated carbocycles. The number of hydrogen-bond acceptors (Lipinski definition) is 4. The second-order valence-electron chi connectivity index (χ2n) is 4.80. The van der Waals surface area contributed by atoms with Crippen molar-refractivity contribution in [1.82, 2.24) is 10.6 Å². The van der Waals surface area contributed by atoms with Gasteiger partial charge in [-0.25, -0.2) is 8.42 Å². The molecule has 1 rings (SSSR count). The Labute approximate surface area is 96.9 Å². The smallest absolute Gasteiger partial charge is 0.241 e. The van der Waals surface area contributed by atoms with Gasteiger partial charge in [0.05, 0.1) is 0 Å². The predicted octanol–water partition coefficient (Wildman–Crippen LogP) is -0.322. The largest absolute Gasteiger partial charge is 0.351 e. The quantitative estimate of drug-likeness (QED) is 0.717. The van der Waals surface area contributed by atoms with Crippen molar-refractivity contribution in [3.05, 3.63) is 0 Å². The van der Waals surface area contributed by atoms with Gasteiger partial charge < -0.3 is 10.6 Å². The highest BCUT2D eigenvalue weighted by molar-refractivity contribution is 7.92. The molecule has 0 unspecified atom stereocenters. The first kappa shape index (κ1) is 13.4. The standard InChI is InChI=1S/C10H20N2O3S/c1-10(2,16(3,14)15)9(13)12-8-5-4-6-11-7-8/h8,11H,4-7H2,1-3H3,(H,12,13)/t8-/m0/s1. The first-order valence-electron chi connectivity index (χ1n) is 5.46. The topological polar surface area (TPSA) is 75.3 Å². The molecule has 5 nitrogen and oxygen atoms in total. The molecule has 1 aliphatic heterocycles. The molecule has 0 aromatic carbocycles. The van der Waals surface area contributed by atoms with Gasteiger partial charge in [-0.3, -0.25) is 4.79 Å². The predicted molar refractivity (Wildman–Crippen MR) is 63.0 cm³/mol. The van der Waals surface area contributed by atoms with E-state index in [-0.39, 0.29) is 6.04 Å². The van der Waals surface area contributed by atoms with Crippen LogP contribution in [-0.2, 0) is 14.6 Å². The van der Waals surface area contributed by atoms with Crippen molar-refractivity contribution in [2.45, 2.75) is 37.5 Å². The van der Waals surface area contributed by atoms with Crippen LogP contribution in [-0.4, -0.2) is 44.5 Å². The van der Waals surface area contributed by atoms with Crippen LogP contribution in [0.15, 0.2) is 0 Å². The van der Waals surface area contributed by atoms with Gasteiger partial charge in [-0.05, 0) is 33.2 Å². The third-order valence-corrected chi connectivity index (χ3v) is 5.15. The van der Waals surface area contributed by atoms with Gasteiger partial charge in [-0.1, -0.05) is 0 Å². The maximum atomic E-state index is 11.9. The zero-order valence-electron chi connectivity index (χ0n) is 10.0. The zero-order valence-corrected chi connectivity index (χ0v) is 10.9. The Morgan fingerprint density at radius 3 is 2.50 bits per heavy atom. The number of nitrogens with one attached hydrogen (secondary N) is 2. The zero-order chi connectivity index (χ0) is 12.4. The molecule has 0 aromatic heterocycles. The molecule has 1 aliphatic rings. The van der Waals surface area contributed by atoms with Gasteiger partial charge in [-0.15, -0.1) is 0 Å². The van der Waals surface area contributed by atoms with Crippen LogP contribution >= 0.6 is 0 Å². The Morgan fingerprint density at radius 1 is 1.44 bits per heavy atom. The number of hydrogen-bond donors (Lipinski definition) is 2. The van der Waals surface area contributed by atoms with E-state index in [9.17, 15) is 13.2 Å². The second kappa shape index (κ2) is 4.71. The highest BCUT2D eigenvalue weighted by Gasteiger charge is 2.39. The third kappa shape index (κ3) is 2.95. The van der Waals surface area contributed by atoms with E-state index >= 15 is 0 Å². The Morgan fingerprint density at radius 2 is 2.06 bits per heavy atom. The van der Waals surface area contributed by atoms with E-state index in [0.717, 1.165) is 25.6 Å². The molecule has 6 heteroatoms. The Kier molecular flexibility index (Phi) is 3.96. The third-order valence-electron chi connectivity index (χ3n) is 3.11. The lowest BCUT2D eigenvalue weighted by Crippen LogP contribution is -2.54. The van der Waals surface area contributed by atoms with Gasteiger partial charge in [0, 0.05) is 18.8 Å². The van der Waals surface area contributed by atoms with Crippen molar-refractivity contribution in [3.8, 4) is 0 Å². The second-order valence-corrected chi connectivity index (χ2v) is 7.36. The monoisotopic (exact) mass is 248 g/mol. The number of rotatable bonds is 3. The summed E-state index contributed by atoms with van der Waals surface area (Å²) >= 11 is 0. The fraction of sp³-hybridized carbons (Fsp3) is 0.900. The summed E-state index contributed by atoms with van der Waals surface area (Å²) in [5, 5.41) is 5.95. The van der Waals surface area contributed by atoms with Crippen LogP contribution in [0.1, 0.15) is 26.7 Å². The maximum Gasteiger partial charge on any atom is 0.241 e. The van der Waals surface area contributed by atoms with E-state index in [1.807, 2.05) is 0 Å². The van der Waals surface area contributed by atoms with Crippen molar-refractivity contribution >= 4 is 15.7 Å². The number of amides is 1. The molecule has 94 valence electrons. The van der Waals surface area contributed by atoms with Crippen LogP contribution in [0.25, 0.3) is 0 Å². The lowest BCUT2D eigenvalue weighted by Gasteiger charge is -2.28. The van der Waals surface area contributed by atoms with Crippen LogP contribution in [0.4, 0.5) is 0 Å². The lowest BCUT2D eigenvalue weighted by molar-refractivity contribution is -0.123. The summed E-state index contributed by atoms with van der Waals surface area (Å²) in [4.78, 5) is 11.9. The van der Waals surface area contributed by atoms with Gasteiger partial charge >= 0.3 is 0 Å². The maximum absolute atomic E-state index is 11.9. The highest BCUT2D eigenvalue weighted by atomic mass is 32.2. The van der Waals surface area contributed by atoms with E-state index in [4.69, 9.17) is 0 Å². The van der Waals surface area contributed by atoms with E-state index in [1.54, 1.807) is 0 Å². The molecule has 0 aliphatic carbocycles. The van der Waals surface area contributed by atoms with Gasteiger partial charge in [0.15, 0.2) is 9.84 Å². The van der Waals surface area contributed by atoms with Crippen LogP contribution in [0.2, 0.25) is 0 Å². The summed E-state index contributed by atoms with van der Waals surface area (Å²) in [5.41, 5.74) is 0. The first-order valence-corrected chi connectivity index (χ1v) is 7.35. The normalized spacial score (nSPS) is 22.8. The van der Waals surface area contributed by atoms with Crippen LogP contribution < -0.4 is 10.6 Å². The van der Waals surface area contributed by atoms with Crippen LogP contribution in [0.3, 0.4) is 0 Å². The molecule has 0 bridgehead atoms. The molecular weight excluding hydrogens is 228 g/mol. The molecule has 1 heterocycles. The van der Waals surface area contributed by atoms with Gasteiger partial charge in [0.25, 0.3) is 0 Å². The van der Waals surface area contributed by atoms with Crippen LogP contribution in [0.5, 0.6) is 0 Å². The van der Waals surface area contributed by atoms with E-state index in [1.165, 1.54) is 13.8 Å². The minimum atomic E-state index is -3.38. The molecular formula is C10H20N2O3S. The average Bonchev–Trinajstić information content (AvgIpc) is 2.17. The summed E-state index contributed by atoms with van der Waals surface area (Å²) in [6.45, 7) is 4.55. The SMILES string of the molecule is CC(C)(C(=O)N[C@H]1CCCNC1)S(C)(=O)=O. The summed E-state index contributed by atoms with van der Waals surface area (Å²) in [6, 6.07) is 0.0438. The molecule has 1 atom stereocenters. The van der Waals surface area contributed by atoms with Gasteiger partial charge in [0.1, 0.15) is 4.75 Å². The van der Waals surface area contributed by atoms with Gasteiger partial charge in [0.2, 0.25) is 5.91 Å². The van der Waals surface area contributed by atoms with E-state index in [0.29, 0.717) is 6.54 Å². The highest BCUT2D eigenvalue weighted by Crippen LogP contribution is 2.16. The fourth-order valence-corrected chi connectivity index (χ4v) is 1.90. The van der Waals surface area contributed by atoms with E-state index < -0.39 is 20.5 Å². The average molecular weight is 248 g/mol. The molecule has 1 amide bonds. The number of carbonyl (C=O) groups excluding carboxylic acids is 1. The summed E-state index contributed by atoms with van der Waals surface area (Å²) in [7, 11) is -3.38. The Bertz CT molecular complexity index is 356. The lowest BCUT2D eigenvalue weighted by atomic mass is 10.1. The minimum absolute atomic E-state index is 0.0438. The first-order chi connectivity index (χ1) is 7.25. The molecule has 0 spiro atoms. The molecule has 0 radical (unpaired) electrons. The van der Waals surface area contributed by atoms with Crippen molar-refractivity contribution in [1.29, 1.82) is 0 Å². The summed E-state index contributed by atoms with van der Waals surface area (Å²) in [5.74, 6) is -0.413. The summed E-state index contributed by atoms with van der Waals surface area (Å²) < 4.78 is 21.6. The number of carbonyl (C=O) groups is 1. The fourth-order valence-electron chi connectivity index (χ4n) is 1.50. The summed E-state index contributed by atoms with van der Waals surface area (Å²) in [6.07, 6.45) is 2.99. The van der Waals surface area contributed by atoms with Crippen molar-refractivity contribution in [3.63, 3.8) is 0 Å². The number of piperidine rings is 1. The van der Waals surface area contributed by atoms with Crippen LogP contribution in [0, 0.1) is 0 Å². The number of sulfone groups is 1. The molecule has 0 aromatic rings. The molecule has 16 heavy (non-hydrogen) atoms. The molecule has 1 saturated heterocycles. The molecule has 1 fully saturated rings. The Balaban J connectivity index is 2.64. The van der Waals surface area contributed by atoms with Gasteiger partial charge in [-0.2, -0.15) is 0 Å². The van der Waals surface area contributed by atoms with E-state index in [2.05, 4.69) is 10.6 Å². The van der Waals surface area contributed by atoms with Crippen molar-refractivity contribution in [2.75, 3.05) is 19.3 Å². The van der Waals surface area contributed by atoms with Crippen molar-refractivity contribution in [2.24, 2.45) is 0 Å². The molecule has 2 N–H and O–H groups in total.